The number of hydrogen-bond donors (Lipinski definition) is 1. The number of aromatic nitrogens is 1. The second kappa shape index (κ2) is 5.31. The zero-order chi connectivity index (χ0) is 13.0. The average molecular weight is 242 g/mol. The third kappa shape index (κ3) is 2.48. The molecular formula is C14H14N2O2. The summed E-state index contributed by atoms with van der Waals surface area (Å²) in [6.07, 6.45) is 0. The minimum Gasteiger partial charge on any atom is -0.477 e. The number of carboxylic acid groups (broad SMARTS) is 1. The lowest BCUT2D eigenvalue weighted by Crippen LogP contribution is -2.18. The van der Waals surface area contributed by atoms with Gasteiger partial charge in [0.05, 0.1) is 0 Å². The molecule has 1 N–H and O–H groups in total. The molecular weight excluding hydrogens is 228 g/mol. The molecule has 0 bridgehead atoms. The smallest absolute Gasteiger partial charge is 0.354 e. The average Bonchev–Trinajstić information content (AvgIpc) is 2.41. The van der Waals surface area contributed by atoms with E-state index in [0.29, 0.717) is 5.82 Å². The van der Waals surface area contributed by atoms with E-state index in [1.165, 1.54) is 6.07 Å². The molecule has 18 heavy (non-hydrogen) atoms. The van der Waals surface area contributed by atoms with Crippen LogP contribution >= 0.6 is 0 Å². The van der Waals surface area contributed by atoms with Crippen molar-refractivity contribution < 1.29 is 9.90 Å². The minimum atomic E-state index is -1.01. The zero-order valence-electron chi connectivity index (χ0n) is 10.1. The number of aromatic carboxylic acids is 1. The molecule has 4 heteroatoms. The van der Waals surface area contributed by atoms with Gasteiger partial charge in [0.1, 0.15) is 5.82 Å². The van der Waals surface area contributed by atoms with Gasteiger partial charge in [-0.15, -0.1) is 0 Å². The molecule has 0 radical (unpaired) electrons. The Bertz CT molecular complexity index is 541. The fraction of sp³-hybridized carbons (Fsp3) is 0.143. The van der Waals surface area contributed by atoms with Gasteiger partial charge in [-0.05, 0) is 31.2 Å². The summed E-state index contributed by atoms with van der Waals surface area (Å²) >= 11 is 0. The van der Waals surface area contributed by atoms with E-state index in [1.807, 2.05) is 48.2 Å². The largest absolute Gasteiger partial charge is 0.477 e. The number of nitrogens with zero attached hydrogens (tertiary/aromatic N) is 2. The quantitative estimate of drug-likeness (QED) is 0.895. The lowest BCUT2D eigenvalue weighted by atomic mass is 10.2. The number of carbonyl (C=O) groups is 1. The van der Waals surface area contributed by atoms with Crippen molar-refractivity contribution in [2.75, 3.05) is 11.4 Å². The van der Waals surface area contributed by atoms with Crippen LogP contribution in [0, 0.1) is 0 Å². The molecule has 0 atom stereocenters. The van der Waals surface area contributed by atoms with Crippen molar-refractivity contribution in [1.82, 2.24) is 4.98 Å². The Morgan fingerprint density at radius 2 is 1.89 bits per heavy atom. The summed E-state index contributed by atoms with van der Waals surface area (Å²) in [5, 5.41) is 8.95. The van der Waals surface area contributed by atoms with Gasteiger partial charge in [0, 0.05) is 12.2 Å². The van der Waals surface area contributed by atoms with Crippen LogP contribution in [-0.2, 0) is 0 Å². The van der Waals surface area contributed by atoms with Crippen LogP contribution in [-0.4, -0.2) is 22.6 Å². The van der Waals surface area contributed by atoms with Gasteiger partial charge in [-0.1, -0.05) is 24.3 Å². The molecule has 0 saturated heterocycles. The SMILES string of the molecule is CCN(c1ccccc1)c1cccc(C(=O)O)n1. The lowest BCUT2D eigenvalue weighted by molar-refractivity contribution is 0.0690. The summed E-state index contributed by atoms with van der Waals surface area (Å²) < 4.78 is 0. The van der Waals surface area contributed by atoms with E-state index in [-0.39, 0.29) is 5.69 Å². The van der Waals surface area contributed by atoms with Crippen molar-refractivity contribution in [1.29, 1.82) is 0 Å². The van der Waals surface area contributed by atoms with Crippen LogP contribution in [0.1, 0.15) is 17.4 Å². The first-order valence-corrected chi connectivity index (χ1v) is 5.75. The third-order valence-corrected chi connectivity index (χ3v) is 2.61. The molecule has 4 nitrogen and oxygen atoms in total. The molecule has 1 heterocycles. The van der Waals surface area contributed by atoms with Crippen LogP contribution in [0.4, 0.5) is 11.5 Å². The topological polar surface area (TPSA) is 53.4 Å². The first-order chi connectivity index (χ1) is 8.72. The molecule has 2 aromatic rings. The number of rotatable bonds is 4. The fourth-order valence-electron chi connectivity index (χ4n) is 1.78. The molecule has 0 aliphatic heterocycles. The standard InChI is InChI=1S/C14H14N2O2/c1-2-16(11-7-4-3-5-8-11)13-10-6-9-12(15-13)14(17)18/h3-10H,2H2,1H3,(H,17,18). The highest BCUT2D eigenvalue weighted by molar-refractivity contribution is 5.86. The Morgan fingerprint density at radius 1 is 1.17 bits per heavy atom. The molecule has 1 aromatic heterocycles. The fourth-order valence-corrected chi connectivity index (χ4v) is 1.78. The molecule has 0 saturated carbocycles. The van der Waals surface area contributed by atoms with Gasteiger partial charge in [0.25, 0.3) is 0 Å². The normalized spacial score (nSPS) is 10.1. The Morgan fingerprint density at radius 3 is 2.50 bits per heavy atom. The van der Waals surface area contributed by atoms with Gasteiger partial charge in [0.15, 0.2) is 5.69 Å². The van der Waals surface area contributed by atoms with Gasteiger partial charge in [-0.25, -0.2) is 9.78 Å². The second-order valence-electron chi connectivity index (χ2n) is 3.77. The molecule has 92 valence electrons. The van der Waals surface area contributed by atoms with Gasteiger partial charge in [0.2, 0.25) is 0 Å². The van der Waals surface area contributed by atoms with Crippen molar-refractivity contribution in [2.45, 2.75) is 6.92 Å². The van der Waals surface area contributed by atoms with E-state index in [2.05, 4.69) is 4.98 Å². The van der Waals surface area contributed by atoms with E-state index in [1.54, 1.807) is 6.07 Å². The van der Waals surface area contributed by atoms with Crippen LogP contribution in [0.2, 0.25) is 0 Å². The van der Waals surface area contributed by atoms with Gasteiger partial charge < -0.3 is 10.0 Å². The first-order valence-electron chi connectivity index (χ1n) is 5.75. The monoisotopic (exact) mass is 242 g/mol. The molecule has 0 aliphatic rings. The van der Waals surface area contributed by atoms with Crippen LogP contribution in [0.5, 0.6) is 0 Å². The molecule has 0 spiro atoms. The highest BCUT2D eigenvalue weighted by Gasteiger charge is 2.11. The van der Waals surface area contributed by atoms with Gasteiger partial charge in [-0.3, -0.25) is 0 Å². The maximum Gasteiger partial charge on any atom is 0.354 e. The number of carboxylic acids is 1. The van der Waals surface area contributed by atoms with Crippen molar-refractivity contribution in [3.05, 3.63) is 54.2 Å². The van der Waals surface area contributed by atoms with E-state index < -0.39 is 5.97 Å². The lowest BCUT2D eigenvalue weighted by Gasteiger charge is -2.22. The Kier molecular flexibility index (Phi) is 3.57. The molecule has 0 aliphatic carbocycles. The van der Waals surface area contributed by atoms with Crippen LogP contribution < -0.4 is 4.90 Å². The predicted octanol–water partition coefficient (Wildman–Crippen LogP) is 2.94. The van der Waals surface area contributed by atoms with Crippen LogP contribution in [0.3, 0.4) is 0 Å². The van der Waals surface area contributed by atoms with Crippen LogP contribution in [0.25, 0.3) is 0 Å². The second-order valence-corrected chi connectivity index (χ2v) is 3.77. The molecule has 0 fully saturated rings. The minimum absolute atomic E-state index is 0.0573. The van der Waals surface area contributed by atoms with Crippen molar-refractivity contribution >= 4 is 17.5 Å². The predicted molar refractivity (Wildman–Crippen MR) is 70.3 cm³/mol. The maximum absolute atomic E-state index is 10.9. The van der Waals surface area contributed by atoms with Crippen molar-refractivity contribution in [3.8, 4) is 0 Å². The van der Waals surface area contributed by atoms with Gasteiger partial charge >= 0.3 is 5.97 Å². The Hall–Kier alpha value is -2.36. The maximum atomic E-state index is 10.9. The summed E-state index contributed by atoms with van der Waals surface area (Å²) in [7, 11) is 0. The first kappa shape index (κ1) is 12.1. The highest BCUT2D eigenvalue weighted by Crippen LogP contribution is 2.22. The van der Waals surface area contributed by atoms with Crippen molar-refractivity contribution in [3.63, 3.8) is 0 Å². The number of hydrogen-bond acceptors (Lipinski definition) is 3. The molecule has 0 unspecified atom stereocenters. The van der Waals surface area contributed by atoms with Crippen molar-refractivity contribution in [2.24, 2.45) is 0 Å². The molecule has 0 amide bonds. The summed E-state index contributed by atoms with van der Waals surface area (Å²) in [6, 6.07) is 14.8. The van der Waals surface area contributed by atoms with E-state index in [0.717, 1.165) is 12.2 Å². The van der Waals surface area contributed by atoms with Crippen LogP contribution in [0.15, 0.2) is 48.5 Å². The number of benzene rings is 1. The number of anilines is 2. The Balaban J connectivity index is 2.39. The Labute approximate surface area is 106 Å². The summed E-state index contributed by atoms with van der Waals surface area (Å²) in [4.78, 5) is 17.0. The zero-order valence-corrected chi connectivity index (χ0v) is 10.1. The third-order valence-electron chi connectivity index (χ3n) is 2.61. The number of pyridine rings is 1. The van der Waals surface area contributed by atoms with E-state index >= 15 is 0 Å². The summed E-state index contributed by atoms with van der Waals surface area (Å²) in [5.74, 6) is -0.371. The molecule has 2 rings (SSSR count). The summed E-state index contributed by atoms with van der Waals surface area (Å²) in [6.45, 7) is 2.72. The number of para-hydroxylation sites is 1. The molecule has 1 aromatic carbocycles. The van der Waals surface area contributed by atoms with Gasteiger partial charge in [-0.2, -0.15) is 0 Å². The summed E-state index contributed by atoms with van der Waals surface area (Å²) in [5.41, 5.74) is 1.05. The highest BCUT2D eigenvalue weighted by atomic mass is 16.4. The van der Waals surface area contributed by atoms with E-state index in [4.69, 9.17) is 5.11 Å². The van der Waals surface area contributed by atoms with E-state index in [9.17, 15) is 4.79 Å².